The molecule has 108 valence electrons. The molecular formula is C16H18N4O. The van der Waals surface area contributed by atoms with Crippen molar-refractivity contribution in [2.45, 2.75) is 26.3 Å². The third kappa shape index (κ3) is 2.52. The zero-order valence-corrected chi connectivity index (χ0v) is 12.4. The molecule has 0 bridgehead atoms. The Morgan fingerprint density at radius 3 is 2.81 bits per heavy atom. The van der Waals surface area contributed by atoms with E-state index >= 15 is 0 Å². The standard InChI is InChI=1S/C16H18N4O/c1-4-13(17-3)16-20-19-15(21-16)12-9-10(2)18-14-8-6-5-7-11(12)14/h5-9,13,17H,4H2,1-3H3. The second-order valence-electron chi connectivity index (χ2n) is 5.02. The first kappa shape index (κ1) is 13.7. The van der Waals surface area contributed by atoms with Gasteiger partial charge in [0.2, 0.25) is 11.8 Å². The van der Waals surface area contributed by atoms with Gasteiger partial charge in [0.05, 0.1) is 11.6 Å². The number of benzene rings is 1. The fourth-order valence-electron chi connectivity index (χ4n) is 2.47. The van der Waals surface area contributed by atoms with Crippen LogP contribution in [0.1, 0.15) is 31.0 Å². The molecule has 3 aromatic rings. The summed E-state index contributed by atoms with van der Waals surface area (Å²) >= 11 is 0. The highest BCUT2D eigenvalue weighted by molar-refractivity contribution is 5.92. The molecule has 0 fully saturated rings. The van der Waals surface area contributed by atoms with E-state index in [9.17, 15) is 0 Å². The minimum absolute atomic E-state index is 0.0837. The van der Waals surface area contributed by atoms with Gasteiger partial charge in [0.1, 0.15) is 0 Å². The lowest BCUT2D eigenvalue weighted by Gasteiger charge is -2.07. The summed E-state index contributed by atoms with van der Waals surface area (Å²) in [5, 5.41) is 12.6. The highest BCUT2D eigenvalue weighted by Gasteiger charge is 2.17. The molecule has 5 heteroatoms. The highest BCUT2D eigenvalue weighted by atomic mass is 16.4. The summed E-state index contributed by atoms with van der Waals surface area (Å²) in [6.07, 6.45) is 0.897. The van der Waals surface area contributed by atoms with Crippen LogP contribution < -0.4 is 5.32 Å². The van der Waals surface area contributed by atoms with Crippen molar-refractivity contribution in [3.8, 4) is 11.5 Å². The summed E-state index contributed by atoms with van der Waals surface area (Å²) in [7, 11) is 1.89. The molecule has 0 saturated heterocycles. The van der Waals surface area contributed by atoms with Crippen molar-refractivity contribution in [1.29, 1.82) is 0 Å². The van der Waals surface area contributed by atoms with E-state index in [1.807, 2.05) is 44.3 Å². The minimum atomic E-state index is 0.0837. The monoisotopic (exact) mass is 282 g/mol. The van der Waals surface area contributed by atoms with E-state index in [2.05, 4.69) is 27.4 Å². The maximum Gasteiger partial charge on any atom is 0.248 e. The Balaban J connectivity index is 2.12. The maximum absolute atomic E-state index is 5.86. The molecule has 1 unspecified atom stereocenters. The van der Waals surface area contributed by atoms with Gasteiger partial charge in [0.15, 0.2) is 0 Å². The molecule has 2 aromatic heterocycles. The summed E-state index contributed by atoms with van der Waals surface area (Å²) in [5.41, 5.74) is 2.81. The Kier molecular flexibility index (Phi) is 3.66. The lowest BCUT2D eigenvalue weighted by atomic mass is 10.1. The average molecular weight is 282 g/mol. The van der Waals surface area contributed by atoms with Crippen LogP contribution in [-0.2, 0) is 0 Å². The van der Waals surface area contributed by atoms with E-state index in [0.29, 0.717) is 11.8 Å². The van der Waals surface area contributed by atoms with Crippen molar-refractivity contribution < 1.29 is 4.42 Å². The number of fused-ring (bicyclic) bond motifs is 1. The van der Waals surface area contributed by atoms with E-state index in [0.717, 1.165) is 28.6 Å². The van der Waals surface area contributed by atoms with Gasteiger partial charge >= 0.3 is 0 Å². The van der Waals surface area contributed by atoms with Gasteiger partial charge in [-0.25, -0.2) is 0 Å². The first-order valence-electron chi connectivity index (χ1n) is 7.10. The second kappa shape index (κ2) is 5.61. The molecule has 0 spiro atoms. The molecule has 0 saturated carbocycles. The number of nitrogens with one attached hydrogen (secondary N) is 1. The largest absolute Gasteiger partial charge is 0.419 e. The second-order valence-corrected chi connectivity index (χ2v) is 5.02. The van der Waals surface area contributed by atoms with Crippen LogP contribution in [0.25, 0.3) is 22.4 Å². The predicted octanol–water partition coefficient (Wildman–Crippen LogP) is 3.26. The maximum atomic E-state index is 5.86. The molecule has 2 heterocycles. The Hall–Kier alpha value is -2.27. The number of hydrogen-bond donors (Lipinski definition) is 1. The molecule has 0 radical (unpaired) electrons. The van der Waals surface area contributed by atoms with Gasteiger partial charge in [-0.05, 0) is 32.5 Å². The summed E-state index contributed by atoms with van der Waals surface area (Å²) in [6.45, 7) is 4.05. The Labute approximate surface area is 123 Å². The van der Waals surface area contributed by atoms with Crippen molar-refractivity contribution in [1.82, 2.24) is 20.5 Å². The smallest absolute Gasteiger partial charge is 0.248 e. The molecule has 0 aliphatic carbocycles. The number of rotatable bonds is 4. The van der Waals surface area contributed by atoms with Crippen LogP contribution in [0.2, 0.25) is 0 Å². The summed E-state index contributed by atoms with van der Waals surface area (Å²) < 4.78 is 5.86. The van der Waals surface area contributed by atoms with Gasteiger partial charge in [-0.1, -0.05) is 25.1 Å². The van der Waals surface area contributed by atoms with Gasteiger partial charge in [-0.3, -0.25) is 4.98 Å². The lowest BCUT2D eigenvalue weighted by Crippen LogP contribution is -2.15. The van der Waals surface area contributed by atoms with Gasteiger partial charge in [-0.2, -0.15) is 0 Å². The topological polar surface area (TPSA) is 63.8 Å². The zero-order valence-electron chi connectivity index (χ0n) is 12.4. The lowest BCUT2D eigenvalue weighted by molar-refractivity contribution is 0.415. The third-order valence-corrected chi connectivity index (χ3v) is 3.57. The van der Waals surface area contributed by atoms with Crippen LogP contribution in [0.4, 0.5) is 0 Å². The Morgan fingerprint density at radius 1 is 1.24 bits per heavy atom. The van der Waals surface area contributed by atoms with E-state index < -0.39 is 0 Å². The number of aromatic nitrogens is 3. The predicted molar refractivity (Wildman–Crippen MR) is 81.9 cm³/mol. The van der Waals surface area contributed by atoms with Crippen LogP contribution in [0.5, 0.6) is 0 Å². The van der Waals surface area contributed by atoms with E-state index in [1.165, 1.54) is 0 Å². The third-order valence-electron chi connectivity index (χ3n) is 3.57. The fourth-order valence-corrected chi connectivity index (χ4v) is 2.47. The van der Waals surface area contributed by atoms with Crippen LogP contribution in [-0.4, -0.2) is 22.2 Å². The summed E-state index contributed by atoms with van der Waals surface area (Å²) in [5.74, 6) is 1.16. The summed E-state index contributed by atoms with van der Waals surface area (Å²) in [4.78, 5) is 4.53. The van der Waals surface area contributed by atoms with Crippen molar-refractivity contribution in [2.24, 2.45) is 0 Å². The minimum Gasteiger partial charge on any atom is -0.419 e. The van der Waals surface area contributed by atoms with Gasteiger partial charge in [0.25, 0.3) is 0 Å². The molecule has 5 nitrogen and oxygen atoms in total. The number of hydrogen-bond acceptors (Lipinski definition) is 5. The van der Waals surface area contributed by atoms with Crippen LogP contribution in [0, 0.1) is 6.92 Å². The Bertz CT molecular complexity index is 762. The molecule has 1 atom stereocenters. The number of aryl methyl sites for hydroxylation is 1. The number of para-hydroxylation sites is 1. The van der Waals surface area contributed by atoms with Gasteiger partial charge in [0, 0.05) is 16.6 Å². The zero-order chi connectivity index (χ0) is 14.8. The summed E-state index contributed by atoms with van der Waals surface area (Å²) in [6, 6.07) is 10.1. The fraction of sp³-hybridized carbons (Fsp3) is 0.312. The van der Waals surface area contributed by atoms with E-state index in [4.69, 9.17) is 4.42 Å². The molecule has 21 heavy (non-hydrogen) atoms. The molecule has 3 rings (SSSR count). The normalized spacial score (nSPS) is 12.7. The quantitative estimate of drug-likeness (QED) is 0.795. The SMILES string of the molecule is CCC(NC)c1nnc(-c2cc(C)nc3ccccc23)o1. The average Bonchev–Trinajstić information content (AvgIpc) is 2.97. The van der Waals surface area contributed by atoms with Crippen molar-refractivity contribution in [3.63, 3.8) is 0 Å². The number of nitrogens with zero attached hydrogens (tertiary/aromatic N) is 3. The van der Waals surface area contributed by atoms with Crippen LogP contribution in [0.3, 0.4) is 0 Å². The van der Waals surface area contributed by atoms with E-state index in [-0.39, 0.29) is 6.04 Å². The number of pyridine rings is 1. The first-order valence-corrected chi connectivity index (χ1v) is 7.10. The Morgan fingerprint density at radius 2 is 2.05 bits per heavy atom. The molecular weight excluding hydrogens is 264 g/mol. The van der Waals surface area contributed by atoms with Gasteiger partial charge in [-0.15, -0.1) is 10.2 Å². The van der Waals surface area contributed by atoms with Crippen molar-refractivity contribution in [2.75, 3.05) is 7.05 Å². The highest BCUT2D eigenvalue weighted by Crippen LogP contribution is 2.28. The molecule has 1 aromatic carbocycles. The van der Waals surface area contributed by atoms with Crippen molar-refractivity contribution in [3.05, 3.63) is 41.9 Å². The van der Waals surface area contributed by atoms with Gasteiger partial charge < -0.3 is 9.73 Å². The first-order chi connectivity index (χ1) is 10.2. The molecule has 0 aliphatic heterocycles. The molecule has 1 N–H and O–H groups in total. The van der Waals surface area contributed by atoms with Crippen LogP contribution >= 0.6 is 0 Å². The molecule has 0 aliphatic rings. The van der Waals surface area contributed by atoms with Crippen molar-refractivity contribution >= 4 is 10.9 Å². The molecule has 0 amide bonds. The van der Waals surface area contributed by atoms with Crippen LogP contribution in [0.15, 0.2) is 34.7 Å². The van der Waals surface area contributed by atoms with E-state index in [1.54, 1.807) is 0 Å².